The number of ketones is 1. The van der Waals surface area contributed by atoms with E-state index in [0.29, 0.717) is 16.7 Å². The van der Waals surface area contributed by atoms with Crippen LogP contribution >= 0.6 is 0 Å². The zero-order valence-electron chi connectivity index (χ0n) is 10.4. The van der Waals surface area contributed by atoms with Crippen LogP contribution in [-0.4, -0.2) is 21.8 Å². The van der Waals surface area contributed by atoms with Crippen molar-refractivity contribution >= 4 is 11.8 Å². The number of rotatable bonds is 4. The number of hydrogen-bond acceptors (Lipinski definition) is 4. The van der Waals surface area contributed by atoms with Crippen LogP contribution in [0.3, 0.4) is 0 Å². The van der Waals surface area contributed by atoms with Crippen LogP contribution in [0.25, 0.3) is 0 Å². The number of hydrogen-bond donors (Lipinski definition) is 1. The molecule has 2 aromatic rings. The maximum absolute atomic E-state index is 12.1. The summed E-state index contributed by atoms with van der Waals surface area (Å²) < 4.78 is 0. The molecule has 0 unspecified atom stereocenters. The van der Waals surface area contributed by atoms with Crippen molar-refractivity contribution in [2.45, 2.75) is 6.42 Å². The first-order valence-corrected chi connectivity index (χ1v) is 5.81. The van der Waals surface area contributed by atoms with E-state index >= 15 is 0 Å². The summed E-state index contributed by atoms with van der Waals surface area (Å²) in [5.41, 5.74) is 1.34. The van der Waals surface area contributed by atoms with Crippen LogP contribution in [0.5, 0.6) is 0 Å². The predicted octanol–water partition coefficient (Wildman–Crippen LogP) is 2.08. The highest BCUT2D eigenvalue weighted by Crippen LogP contribution is 2.12. The smallest absolute Gasteiger partial charge is 0.336 e. The first kappa shape index (κ1) is 13.4. The summed E-state index contributed by atoms with van der Waals surface area (Å²) in [6.45, 7) is 0. The molecule has 0 radical (unpaired) electrons. The molecule has 5 nitrogen and oxygen atoms in total. The number of nitriles is 1. The van der Waals surface area contributed by atoms with E-state index in [9.17, 15) is 9.59 Å². The molecule has 1 N–H and O–H groups in total. The standard InChI is InChI=1S/C15H10N2O3/c16-8-10-1-3-11(4-2-10)14(18)7-12-9-17-6-5-13(12)15(19)20/h1-6,9H,7H2,(H,19,20). The normalized spacial score (nSPS) is 9.75. The monoisotopic (exact) mass is 266 g/mol. The van der Waals surface area contributed by atoms with Crippen molar-refractivity contribution in [1.82, 2.24) is 4.98 Å². The summed E-state index contributed by atoms with van der Waals surface area (Å²) in [5.74, 6) is -1.31. The molecule has 0 fully saturated rings. The molecule has 1 aromatic heterocycles. The molecule has 0 atom stereocenters. The van der Waals surface area contributed by atoms with Crippen LogP contribution < -0.4 is 0 Å². The Bertz CT molecular complexity index is 700. The molecule has 1 aromatic carbocycles. The topological polar surface area (TPSA) is 91.0 Å². The fourth-order valence-electron chi connectivity index (χ4n) is 1.78. The van der Waals surface area contributed by atoms with Crippen LogP contribution in [-0.2, 0) is 6.42 Å². The van der Waals surface area contributed by atoms with Crippen LogP contribution in [0, 0.1) is 11.3 Å². The Hall–Kier alpha value is -3.00. The fraction of sp³-hybridized carbons (Fsp3) is 0.0667. The molecule has 0 bridgehead atoms. The van der Waals surface area contributed by atoms with Gasteiger partial charge < -0.3 is 5.11 Å². The number of nitrogens with zero attached hydrogens (tertiary/aromatic N) is 2. The lowest BCUT2D eigenvalue weighted by molar-refractivity contribution is 0.0695. The Morgan fingerprint density at radius 3 is 2.50 bits per heavy atom. The van der Waals surface area contributed by atoms with Gasteiger partial charge in [-0.25, -0.2) is 4.79 Å². The largest absolute Gasteiger partial charge is 0.478 e. The third-order valence-corrected chi connectivity index (χ3v) is 2.82. The summed E-state index contributed by atoms with van der Waals surface area (Å²) in [4.78, 5) is 27.0. The lowest BCUT2D eigenvalue weighted by Gasteiger charge is -2.04. The summed E-state index contributed by atoms with van der Waals surface area (Å²) in [5, 5.41) is 17.7. The molecule has 5 heteroatoms. The Morgan fingerprint density at radius 1 is 1.20 bits per heavy atom. The second-order valence-electron chi connectivity index (χ2n) is 4.13. The van der Waals surface area contributed by atoms with E-state index in [-0.39, 0.29) is 17.8 Å². The number of carbonyl (C=O) groups excluding carboxylic acids is 1. The quantitative estimate of drug-likeness (QED) is 0.855. The minimum absolute atomic E-state index is 0.0403. The zero-order chi connectivity index (χ0) is 14.5. The molecular weight excluding hydrogens is 256 g/mol. The van der Waals surface area contributed by atoms with Gasteiger partial charge >= 0.3 is 5.97 Å². The molecule has 1 heterocycles. The van der Waals surface area contributed by atoms with Gasteiger partial charge in [-0.05, 0) is 23.8 Å². The molecule has 98 valence electrons. The molecule has 0 saturated heterocycles. The second-order valence-corrected chi connectivity index (χ2v) is 4.13. The molecule has 0 spiro atoms. The molecule has 0 aliphatic heterocycles. The maximum atomic E-state index is 12.1. The molecule has 0 aliphatic carbocycles. The minimum atomic E-state index is -1.09. The zero-order valence-corrected chi connectivity index (χ0v) is 10.4. The van der Waals surface area contributed by atoms with Crippen molar-refractivity contribution in [3.8, 4) is 6.07 Å². The second kappa shape index (κ2) is 5.76. The molecule has 0 saturated carbocycles. The van der Waals surface area contributed by atoms with Crippen molar-refractivity contribution < 1.29 is 14.7 Å². The van der Waals surface area contributed by atoms with E-state index in [1.807, 2.05) is 6.07 Å². The number of aromatic carboxylic acids is 1. The average Bonchev–Trinajstić information content (AvgIpc) is 2.47. The summed E-state index contributed by atoms with van der Waals surface area (Å²) >= 11 is 0. The van der Waals surface area contributed by atoms with Crippen LogP contribution in [0.2, 0.25) is 0 Å². The Morgan fingerprint density at radius 2 is 1.90 bits per heavy atom. The molecular formula is C15H10N2O3. The van der Waals surface area contributed by atoms with E-state index in [4.69, 9.17) is 10.4 Å². The number of carboxylic acid groups (broad SMARTS) is 1. The van der Waals surface area contributed by atoms with Crippen molar-refractivity contribution in [1.29, 1.82) is 5.26 Å². The van der Waals surface area contributed by atoms with Gasteiger partial charge in [0.05, 0.1) is 17.2 Å². The van der Waals surface area contributed by atoms with Gasteiger partial charge in [0.1, 0.15) is 0 Å². The Balaban J connectivity index is 2.23. The number of carboxylic acids is 1. The summed E-state index contributed by atoms with van der Waals surface area (Å²) in [6.07, 6.45) is 2.71. The Kier molecular flexibility index (Phi) is 3.87. The van der Waals surface area contributed by atoms with Crippen LogP contribution in [0.15, 0.2) is 42.7 Å². The first-order valence-electron chi connectivity index (χ1n) is 5.81. The van der Waals surface area contributed by atoms with Crippen molar-refractivity contribution in [3.63, 3.8) is 0 Å². The van der Waals surface area contributed by atoms with Gasteiger partial charge in [-0.1, -0.05) is 12.1 Å². The minimum Gasteiger partial charge on any atom is -0.478 e. The van der Waals surface area contributed by atoms with E-state index in [0.717, 1.165) is 0 Å². The highest BCUT2D eigenvalue weighted by molar-refractivity contribution is 5.99. The fourth-order valence-corrected chi connectivity index (χ4v) is 1.78. The van der Waals surface area contributed by atoms with Gasteiger partial charge in [-0.3, -0.25) is 9.78 Å². The summed E-state index contributed by atoms with van der Waals surface area (Å²) in [7, 11) is 0. The lowest BCUT2D eigenvalue weighted by Crippen LogP contribution is -2.09. The number of pyridine rings is 1. The van der Waals surface area contributed by atoms with Gasteiger partial charge in [0.25, 0.3) is 0 Å². The molecule has 0 amide bonds. The highest BCUT2D eigenvalue weighted by Gasteiger charge is 2.14. The first-order chi connectivity index (χ1) is 9.61. The van der Waals surface area contributed by atoms with E-state index < -0.39 is 5.97 Å². The van der Waals surface area contributed by atoms with Crippen molar-refractivity contribution in [2.75, 3.05) is 0 Å². The average molecular weight is 266 g/mol. The summed E-state index contributed by atoms with van der Waals surface area (Å²) in [6, 6.07) is 9.54. The third kappa shape index (κ3) is 2.87. The number of carbonyl (C=O) groups is 2. The van der Waals surface area contributed by atoms with Gasteiger partial charge in [-0.2, -0.15) is 5.26 Å². The molecule has 2 rings (SSSR count). The SMILES string of the molecule is N#Cc1ccc(C(=O)Cc2cnccc2C(=O)O)cc1. The lowest BCUT2D eigenvalue weighted by atomic mass is 10.00. The van der Waals surface area contributed by atoms with Crippen molar-refractivity contribution in [2.24, 2.45) is 0 Å². The molecule has 20 heavy (non-hydrogen) atoms. The van der Waals surface area contributed by atoms with Crippen LogP contribution in [0.1, 0.15) is 31.8 Å². The predicted molar refractivity (Wildman–Crippen MR) is 70.4 cm³/mol. The van der Waals surface area contributed by atoms with Gasteiger partial charge in [0.15, 0.2) is 5.78 Å². The number of aromatic nitrogens is 1. The van der Waals surface area contributed by atoms with Gasteiger partial charge in [0.2, 0.25) is 0 Å². The van der Waals surface area contributed by atoms with Crippen molar-refractivity contribution in [3.05, 3.63) is 65.0 Å². The Labute approximate surface area is 115 Å². The molecule has 0 aliphatic rings. The third-order valence-electron chi connectivity index (χ3n) is 2.82. The van der Waals surface area contributed by atoms with Gasteiger partial charge in [0, 0.05) is 24.4 Å². The maximum Gasteiger partial charge on any atom is 0.336 e. The van der Waals surface area contributed by atoms with E-state index in [2.05, 4.69) is 4.98 Å². The van der Waals surface area contributed by atoms with E-state index in [1.54, 1.807) is 24.3 Å². The number of benzene rings is 1. The van der Waals surface area contributed by atoms with Gasteiger partial charge in [-0.15, -0.1) is 0 Å². The highest BCUT2D eigenvalue weighted by atomic mass is 16.4. The van der Waals surface area contributed by atoms with Crippen LogP contribution in [0.4, 0.5) is 0 Å². The number of Topliss-reactive ketones (excluding diaryl/α,β-unsaturated/α-hetero) is 1. The van der Waals surface area contributed by atoms with E-state index in [1.165, 1.54) is 18.5 Å².